The fraction of sp³-hybridized carbons (Fsp3) is 0.560. The van der Waals surface area contributed by atoms with E-state index in [1.807, 2.05) is 36.4 Å². The zero-order valence-electron chi connectivity index (χ0n) is 19.0. The number of rotatable bonds is 10. The molecule has 1 amide bonds. The van der Waals surface area contributed by atoms with Crippen molar-refractivity contribution in [2.45, 2.75) is 72.5 Å². The van der Waals surface area contributed by atoms with E-state index in [2.05, 4.69) is 46.9 Å². The summed E-state index contributed by atoms with van der Waals surface area (Å²) in [5.74, 6) is 1.46. The van der Waals surface area contributed by atoms with Crippen molar-refractivity contribution in [3.8, 4) is 5.75 Å². The van der Waals surface area contributed by atoms with Crippen molar-refractivity contribution in [3.05, 3.63) is 36.4 Å². The van der Waals surface area contributed by atoms with Crippen LogP contribution in [0.15, 0.2) is 36.4 Å². The maximum atomic E-state index is 13.4. The van der Waals surface area contributed by atoms with E-state index in [0.717, 1.165) is 28.6 Å². The average molecular weight is 400 g/mol. The highest BCUT2D eigenvalue weighted by Crippen LogP contribution is 2.35. The van der Waals surface area contributed by atoms with Crippen molar-refractivity contribution in [1.82, 2.24) is 0 Å². The van der Waals surface area contributed by atoms with Crippen LogP contribution in [0.4, 0.5) is 5.69 Å². The molecular formula is C25H37NO3. The number of carbonyl (C=O) groups excluding carboxylic acids is 1. The van der Waals surface area contributed by atoms with Gasteiger partial charge in [0.15, 0.2) is 0 Å². The van der Waals surface area contributed by atoms with E-state index in [9.17, 15) is 4.79 Å². The van der Waals surface area contributed by atoms with Gasteiger partial charge in [-0.25, -0.2) is 0 Å². The number of ether oxygens (including phenoxy) is 2. The Morgan fingerprint density at radius 1 is 0.966 bits per heavy atom. The van der Waals surface area contributed by atoms with E-state index in [0.29, 0.717) is 24.7 Å². The summed E-state index contributed by atoms with van der Waals surface area (Å²) in [5.41, 5.74) is -0.0500. The Hall–Kier alpha value is -2.07. The molecule has 1 N–H and O–H groups in total. The zero-order valence-corrected chi connectivity index (χ0v) is 19.0. The molecule has 0 unspecified atom stereocenters. The third-order valence-corrected chi connectivity index (χ3v) is 5.32. The predicted molar refractivity (Wildman–Crippen MR) is 122 cm³/mol. The van der Waals surface area contributed by atoms with Gasteiger partial charge in [0.05, 0.1) is 6.10 Å². The van der Waals surface area contributed by atoms with Crippen molar-refractivity contribution in [1.29, 1.82) is 0 Å². The summed E-state index contributed by atoms with van der Waals surface area (Å²) in [5, 5.41) is 5.14. The quantitative estimate of drug-likeness (QED) is 0.500. The van der Waals surface area contributed by atoms with E-state index in [1.165, 1.54) is 0 Å². The van der Waals surface area contributed by atoms with Gasteiger partial charge in [-0.15, -0.1) is 0 Å². The highest BCUT2D eigenvalue weighted by Gasteiger charge is 2.40. The van der Waals surface area contributed by atoms with Crippen LogP contribution in [0.25, 0.3) is 10.8 Å². The number of nitrogens with one attached hydrogen (secondary N) is 1. The molecule has 0 heterocycles. The molecule has 0 fully saturated rings. The zero-order chi connectivity index (χ0) is 21.6. The predicted octanol–water partition coefficient (Wildman–Crippen LogP) is 6.43. The number of carbonyl (C=O) groups is 1. The van der Waals surface area contributed by atoms with E-state index in [4.69, 9.17) is 9.47 Å². The lowest BCUT2D eigenvalue weighted by Crippen LogP contribution is -2.47. The van der Waals surface area contributed by atoms with Gasteiger partial charge >= 0.3 is 0 Å². The number of benzene rings is 2. The molecule has 1 atom stereocenters. The molecule has 4 nitrogen and oxygen atoms in total. The number of hydrogen-bond acceptors (Lipinski definition) is 3. The van der Waals surface area contributed by atoms with Gasteiger partial charge in [-0.3, -0.25) is 4.79 Å². The van der Waals surface area contributed by atoms with Gasteiger partial charge in [0, 0.05) is 23.6 Å². The second kappa shape index (κ2) is 10.1. The SMILES string of the molecule is CC[C@H](C)Oc1ccc(NC(=O)C(CC(C)C)(CC(C)C)OC)c2ccccc12. The first-order valence-corrected chi connectivity index (χ1v) is 10.8. The van der Waals surface area contributed by atoms with Crippen LogP contribution in [0.5, 0.6) is 5.75 Å². The Labute approximate surface area is 176 Å². The molecule has 2 aromatic rings. The summed E-state index contributed by atoms with van der Waals surface area (Å²) in [6, 6.07) is 11.9. The molecule has 0 aliphatic rings. The van der Waals surface area contributed by atoms with Crippen molar-refractivity contribution in [2.24, 2.45) is 11.8 Å². The minimum absolute atomic E-state index is 0.0804. The Bertz CT molecular complexity index is 803. The van der Waals surface area contributed by atoms with Crippen LogP contribution in [0, 0.1) is 11.8 Å². The second-order valence-corrected chi connectivity index (χ2v) is 8.84. The van der Waals surface area contributed by atoms with Crippen LogP contribution in [0.1, 0.15) is 60.8 Å². The van der Waals surface area contributed by atoms with Gasteiger partial charge in [0.1, 0.15) is 11.4 Å². The Balaban J connectivity index is 2.41. The summed E-state index contributed by atoms with van der Waals surface area (Å²) in [7, 11) is 1.64. The van der Waals surface area contributed by atoms with Crippen LogP contribution in [0.2, 0.25) is 0 Å². The number of anilines is 1. The largest absolute Gasteiger partial charge is 0.490 e. The molecule has 160 valence electrons. The van der Waals surface area contributed by atoms with E-state index in [1.54, 1.807) is 7.11 Å². The smallest absolute Gasteiger partial charge is 0.256 e. The van der Waals surface area contributed by atoms with Crippen LogP contribution >= 0.6 is 0 Å². The number of hydrogen-bond donors (Lipinski definition) is 1. The van der Waals surface area contributed by atoms with Gasteiger partial charge in [-0.05, 0) is 50.2 Å². The van der Waals surface area contributed by atoms with E-state index >= 15 is 0 Å². The molecule has 29 heavy (non-hydrogen) atoms. The molecule has 4 heteroatoms. The Morgan fingerprint density at radius 3 is 2.07 bits per heavy atom. The van der Waals surface area contributed by atoms with Crippen molar-refractivity contribution in [3.63, 3.8) is 0 Å². The molecule has 2 rings (SSSR count). The molecule has 2 aromatic carbocycles. The Morgan fingerprint density at radius 2 is 1.55 bits per heavy atom. The van der Waals surface area contributed by atoms with E-state index in [-0.39, 0.29) is 12.0 Å². The molecular weight excluding hydrogens is 362 g/mol. The molecule has 0 saturated carbocycles. The molecule has 0 aliphatic carbocycles. The van der Waals surface area contributed by atoms with Gasteiger partial charge in [0.2, 0.25) is 0 Å². The van der Waals surface area contributed by atoms with Gasteiger partial charge in [-0.2, -0.15) is 0 Å². The minimum atomic E-state index is -0.838. The summed E-state index contributed by atoms with van der Waals surface area (Å²) >= 11 is 0. The number of fused-ring (bicyclic) bond motifs is 1. The van der Waals surface area contributed by atoms with Crippen LogP contribution in [-0.2, 0) is 9.53 Å². The Kier molecular flexibility index (Phi) is 8.09. The molecule has 0 aromatic heterocycles. The first-order valence-electron chi connectivity index (χ1n) is 10.8. The number of methoxy groups -OCH3 is 1. The summed E-state index contributed by atoms with van der Waals surface area (Å²) in [6.45, 7) is 12.7. The first kappa shape index (κ1) is 23.2. The highest BCUT2D eigenvalue weighted by molar-refractivity contribution is 6.06. The minimum Gasteiger partial charge on any atom is -0.490 e. The van der Waals surface area contributed by atoms with Gasteiger partial charge < -0.3 is 14.8 Å². The summed E-state index contributed by atoms with van der Waals surface area (Å²) < 4.78 is 12.0. The van der Waals surface area contributed by atoms with Crippen molar-refractivity contribution >= 4 is 22.4 Å². The fourth-order valence-corrected chi connectivity index (χ4v) is 3.87. The number of amides is 1. The molecule has 0 aliphatic heterocycles. The monoisotopic (exact) mass is 399 g/mol. The standard InChI is InChI=1S/C25H37NO3/c1-8-19(6)29-23-14-13-22(20-11-9-10-12-21(20)23)26-24(27)25(28-7,15-17(2)3)16-18(4)5/h9-14,17-19H,8,15-16H2,1-7H3,(H,26,27)/t19-/m0/s1. The van der Waals surface area contributed by atoms with Crippen LogP contribution in [0.3, 0.4) is 0 Å². The summed E-state index contributed by atoms with van der Waals surface area (Å²) in [4.78, 5) is 13.4. The van der Waals surface area contributed by atoms with Crippen LogP contribution in [-0.4, -0.2) is 24.7 Å². The third kappa shape index (κ3) is 5.72. The second-order valence-electron chi connectivity index (χ2n) is 8.84. The highest BCUT2D eigenvalue weighted by atomic mass is 16.5. The lowest BCUT2D eigenvalue weighted by Gasteiger charge is -2.34. The van der Waals surface area contributed by atoms with Gasteiger partial charge in [-0.1, -0.05) is 58.9 Å². The lowest BCUT2D eigenvalue weighted by molar-refractivity contribution is -0.142. The van der Waals surface area contributed by atoms with Gasteiger partial charge in [0.25, 0.3) is 5.91 Å². The topological polar surface area (TPSA) is 47.6 Å². The molecule has 0 spiro atoms. The average Bonchev–Trinajstić information content (AvgIpc) is 2.68. The molecule has 0 saturated heterocycles. The normalized spacial score (nSPS) is 13.1. The maximum absolute atomic E-state index is 13.4. The van der Waals surface area contributed by atoms with Crippen molar-refractivity contribution < 1.29 is 14.3 Å². The van der Waals surface area contributed by atoms with Crippen molar-refractivity contribution in [2.75, 3.05) is 12.4 Å². The lowest BCUT2D eigenvalue weighted by atomic mass is 9.84. The van der Waals surface area contributed by atoms with Crippen LogP contribution < -0.4 is 10.1 Å². The maximum Gasteiger partial charge on any atom is 0.256 e. The first-order chi connectivity index (χ1) is 13.7. The third-order valence-electron chi connectivity index (χ3n) is 5.32. The van der Waals surface area contributed by atoms with E-state index < -0.39 is 5.60 Å². The summed E-state index contributed by atoms with van der Waals surface area (Å²) in [6.07, 6.45) is 2.44. The fourth-order valence-electron chi connectivity index (χ4n) is 3.87. The molecule has 0 radical (unpaired) electrons. The molecule has 0 bridgehead atoms.